The van der Waals surface area contributed by atoms with Gasteiger partial charge in [-0.1, -0.05) is 18.2 Å². The number of nitriles is 1. The van der Waals surface area contributed by atoms with Gasteiger partial charge in [0, 0.05) is 0 Å². The van der Waals surface area contributed by atoms with Gasteiger partial charge in [-0.25, -0.2) is 8.42 Å². The highest BCUT2D eigenvalue weighted by molar-refractivity contribution is 7.90. The zero-order valence-electron chi connectivity index (χ0n) is 11.4. The van der Waals surface area contributed by atoms with E-state index in [0.29, 0.717) is 16.0 Å². The minimum absolute atomic E-state index is 0.0922. The fourth-order valence-electron chi connectivity index (χ4n) is 1.94. The van der Waals surface area contributed by atoms with Crippen molar-refractivity contribution in [3.8, 4) is 6.07 Å². The van der Waals surface area contributed by atoms with Crippen LogP contribution < -0.4 is 0 Å². The van der Waals surface area contributed by atoms with E-state index in [0.717, 1.165) is 11.1 Å². The van der Waals surface area contributed by atoms with Gasteiger partial charge in [-0.15, -0.1) is 0 Å². The summed E-state index contributed by atoms with van der Waals surface area (Å²) in [6, 6.07) is 13.8. The van der Waals surface area contributed by atoms with Gasteiger partial charge in [0.05, 0.1) is 22.3 Å². The van der Waals surface area contributed by atoms with Crippen molar-refractivity contribution >= 4 is 9.84 Å². The predicted octanol–water partition coefficient (Wildman–Crippen LogP) is 3.15. The second kappa shape index (κ2) is 5.48. The number of hydrogen-bond donors (Lipinski definition) is 0. The monoisotopic (exact) mass is 285 g/mol. The molecule has 0 atom stereocenters. The summed E-state index contributed by atoms with van der Waals surface area (Å²) in [6.45, 7) is 3.84. The molecule has 102 valence electrons. The van der Waals surface area contributed by atoms with E-state index in [9.17, 15) is 8.42 Å². The number of nitrogens with zero attached hydrogens (tertiary/aromatic N) is 1. The molecule has 0 saturated heterocycles. The molecule has 0 fully saturated rings. The lowest BCUT2D eigenvalue weighted by atomic mass is 10.1. The molecule has 0 saturated carbocycles. The Morgan fingerprint density at radius 1 is 1.05 bits per heavy atom. The molecule has 0 aromatic heterocycles. The first-order chi connectivity index (χ1) is 9.42. The summed E-state index contributed by atoms with van der Waals surface area (Å²) in [7, 11) is -3.39. The van der Waals surface area contributed by atoms with Gasteiger partial charge in [0.15, 0.2) is 9.84 Å². The summed E-state index contributed by atoms with van der Waals surface area (Å²) in [6.07, 6.45) is 0. The molecule has 0 aliphatic rings. The molecule has 0 radical (unpaired) electrons. The quantitative estimate of drug-likeness (QED) is 0.870. The normalized spacial score (nSPS) is 11.1. The average molecular weight is 285 g/mol. The molecule has 2 aromatic rings. The molecule has 0 N–H and O–H groups in total. The van der Waals surface area contributed by atoms with Crippen LogP contribution in [0.25, 0.3) is 0 Å². The maximum atomic E-state index is 12.4. The molecule has 3 nitrogen and oxygen atoms in total. The molecule has 0 heterocycles. The van der Waals surface area contributed by atoms with Gasteiger partial charge in [0.1, 0.15) is 0 Å². The summed E-state index contributed by atoms with van der Waals surface area (Å²) in [5.74, 6) is -0.0922. The first kappa shape index (κ1) is 14.3. The highest BCUT2D eigenvalue weighted by atomic mass is 32.2. The molecular weight excluding hydrogens is 270 g/mol. The predicted molar refractivity (Wildman–Crippen MR) is 78.0 cm³/mol. The minimum atomic E-state index is -3.39. The second-order valence-electron chi connectivity index (χ2n) is 4.82. The van der Waals surface area contributed by atoms with Crippen molar-refractivity contribution in [1.82, 2.24) is 0 Å². The fraction of sp³-hybridized carbons (Fsp3) is 0.188. The Morgan fingerprint density at radius 3 is 2.45 bits per heavy atom. The van der Waals surface area contributed by atoms with Crippen molar-refractivity contribution in [2.75, 3.05) is 0 Å². The van der Waals surface area contributed by atoms with Crippen LogP contribution >= 0.6 is 0 Å². The van der Waals surface area contributed by atoms with Gasteiger partial charge in [0.2, 0.25) is 0 Å². The van der Waals surface area contributed by atoms with Gasteiger partial charge in [-0.05, 0) is 54.8 Å². The molecule has 4 heteroatoms. The summed E-state index contributed by atoms with van der Waals surface area (Å²) in [4.78, 5) is 0.322. The number of sulfone groups is 1. The van der Waals surface area contributed by atoms with Crippen LogP contribution in [-0.4, -0.2) is 8.42 Å². The standard InChI is InChI=1S/C16H15NO2S/c1-12-6-7-16(8-13(12)2)20(18,19)11-15-5-3-4-14(9-15)10-17/h3-9H,11H2,1-2H3. The Balaban J connectivity index is 2.35. The Labute approximate surface area is 119 Å². The molecule has 0 aliphatic carbocycles. The molecule has 20 heavy (non-hydrogen) atoms. The summed E-state index contributed by atoms with van der Waals surface area (Å²) in [5, 5.41) is 8.84. The minimum Gasteiger partial charge on any atom is -0.223 e. The zero-order valence-corrected chi connectivity index (χ0v) is 12.2. The van der Waals surface area contributed by atoms with Gasteiger partial charge in [0.25, 0.3) is 0 Å². The third kappa shape index (κ3) is 3.06. The molecule has 0 unspecified atom stereocenters. The molecule has 0 bridgehead atoms. The number of aryl methyl sites for hydroxylation is 2. The van der Waals surface area contributed by atoms with Gasteiger partial charge in [-0.3, -0.25) is 0 Å². The van der Waals surface area contributed by atoms with Gasteiger partial charge in [-0.2, -0.15) is 5.26 Å². The third-order valence-corrected chi connectivity index (χ3v) is 4.94. The van der Waals surface area contributed by atoms with Crippen LogP contribution in [-0.2, 0) is 15.6 Å². The highest BCUT2D eigenvalue weighted by Gasteiger charge is 2.16. The molecule has 0 amide bonds. The lowest BCUT2D eigenvalue weighted by Crippen LogP contribution is -2.05. The second-order valence-corrected chi connectivity index (χ2v) is 6.81. The Hall–Kier alpha value is -2.12. The molecule has 0 aliphatic heterocycles. The van der Waals surface area contributed by atoms with Crippen molar-refractivity contribution in [3.63, 3.8) is 0 Å². The van der Waals surface area contributed by atoms with Crippen molar-refractivity contribution in [2.24, 2.45) is 0 Å². The third-order valence-electron chi connectivity index (χ3n) is 3.25. The van der Waals surface area contributed by atoms with Crippen molar-refractivity contribution in [1.29, 1.82) is 5.26 Å². The van der Waals surface area contributed by atoms with Crippen LogP contribution in [0, 0.1) is 25.2 Å². The van der Waals surface area contributed by atoms with Crippen molar-refractivity contribution in [2.45, 2.75) is 24.5 Å². The smallest absolute Gasteiger partial charge is 0.182 e. The summed E-state index contributed by atoms with van der Waals surface area (Å²) < 4.78 is 24.8. The number of rotatable bonds is 3. The first-order valence-corrected chi connectivity index (χ1v) is 7.86. The molecule has 0 spiro atoms. The number of benzene rings is 2. The van der Waals surface area contributed by atoms with Gasteiger partial charge >= 0.3 is 0 Å². The van der Waals surface area contributed by atoms with Gasteiger partial charge < -0.3 is 0 Å². The van der Waals surface area contributed by atoms with E-state index in [-0.39, 0.29) is 5.75 Å². The average Bonchev–Trinajstić information content (AvgIpc) is 2.41. The molecule has 2 rings (SSSR count). The summed E-state index contributed by atoms with van der Waals surface area (Å²) >= 11 is 0. The van der Waals surface area contributed by atoms with E-state index in [1.165, 1.54) is 0 Å². The topological polar surface area (TPSA) is 57.9 Å². The van der Waals surface area contributed by atoms with E-state index < -0.39 is 9.84 Å². The van der Waals surface area contributed by atoms with Crippen LogP contribution in [0.2, 0.25) is 0 Å². The highest BCUT2D eigenvalue weighted by Crippen LogP contribution is 2.20. The lowest BCUT2D eigenvalue weighted by molar-refractivity contribution is 0.595. The first-order valence-electron chi connectivity index (χ1n) is 6.21. The largest absolute Gasteiger partial charge is 0.223 e. The maximum absolute atomic E-state index is 12.4. The van der Waals surface area contributed by atoms with Crippen LogP contribution in [0.5, 0.6) is 0 Å². The van der Waals surface area contributed by atoms with Crippen molar-refractivity contribution < 1.29 is 8.42 Å². The van der Waals surface area contributed by atoms with E-state index >= 15 is 0 Å². The Kier molecular flexibility index (Phi) is 3.91. The lowest BCUT2D eigenvalue weighted by Gasteiger charge is -2.07. The molecular formula is C16H15NO2S. The van der Waals surface area contributed by atoms with E-state index in [1.54, 1.807) is 36.4 Å². The Bertz CT molecular complexity index is 786. The van der Waals surface area contributed by atoms with E-state index in [4.69, 9.17) is 5.26 Å². The molecule has 2 aromatic carbocycles. The fourth-order valence-corrected chi connectivity index (χ4v) is 3.36. The van der Waals surface area contributed by atoms with Crippen LogP contribution in [0.15, 0.2) is 47.4 Å². The van der Waals surface area contributed by atoms with Crippen molar-refractivity contribution in [3.05, 3.63) is 64.7 Å². The zero-order chi connectivity index (χ0) is 14.8. The number of hydrogen-bond acceptors (Lipinski definition) is 3. The van der Waals surface area contributed by atoms with E-state index in [2.05, 4.69) is 0 Å². The SMILES string of the molecule is Cc1ccc(S(=O)(=O)Cc2cccc(C#N)c2)cc1C. The van der Waals surface area contributed by atoms with E-state index in [1.807, 2.05) is 26.0 Å². The Morgan fingerprint density at radius 2 is 1.80 bits per heavy atom. The maximum Gasteiger partial charge on any atom is 0.182 e. The van der Waals surface area contributed by atoms with Crippen LogP contribution in [0.3, 0.4) is 0 Å². The van der Waals surface area contributed by atoms with Crippen LogP contribution in [0.1, 0.15) is 22.3 Å². The van der Waals surface area contributed by atoms with Crippen LogP contribution in [0.4, 0.5) is 0 Å². The summed E-state index contributed by atoms with van der Waals surface area (Å²) in [5.41, 5.74) is 3.12.